The summed E-state index contributed by atoms with van der Waals surface area (Å²) in [6.45, 7) is 3.46. The van der Waals surface area contributed by atoms with Gasteiger partial charge in [-0.2, -0.15) is 0 Å². The van der Waals surface area contributed by atoms with Crippen LogP contribution in [0.3, 0.4) is 0 Å². The highest BCUT2D eigenvalue weighted by Crippen LogP contribution is 3.02. The van der Waals surface area contributed by atoms with E-state index in [1.54, 1.807) is 13.4 Å². The van der Waals surface area contributed by atoms with E-state index in [0.717, 1.165) is 29.1 Å². The summed E-state index contributed by atoms with van der Waals surface area (Å²) in [5, 5.41) is 6.12. The minimum Gasteiger partial charge on any atom is -0.495 e. The number of amidine groups is 1. The highest BCUT2D eigenvalue weighted by atomic mass is 32.5. The van der Waals surface area contributed by atoms with Crippen molar-refractivity contribution in [2.24, 2.45) is 4.99 Å². The number of aryl methyl sites for hydroxylation is 1. The van der Waals surface area contributed by atoms with E-state index in [1.165, 1.54) is 0 Å². The van der Waals surface area contributed by atoms with Crippen LogP contribution in [0, 0.1) is 6.92 Å². The summed E-state index contributed by atoms with van der Waals surface area (Å²) >= 11 is 0. The van der Waals surface area contributed by atoms with E-state index in [1.807, 2.05) is 42.0 Å². The number of hydrogen-bond donors (Lipinski definition) is 2. The van der Waals surface area contributed by atoms with Gasteiger partial charge < -0.3 is 24.7 Å². The van der Waals surface area contributed by atoms with Gasteiger partial charge in [-0.1, -0.05) is 31.6 Å². The number of nitrogens with zero attached hydrogens (tertiary/aromatic N) is 3. The molecule has 0 fully saturated rings. The zero-order chi connectivity index (χ0) is 27.5. The number of aromatic nitrogens is 2. The van der Waals surface area contributed by atoms with Crippen molar-refractivity contribution >= 4 is 22.1 Å². The summed E-state index contributed by atoms with van der Waals surface area (Å²) in [5.41, 5.74) is 2.93. The van der Waals surface area contributed by atoms with Crippen LogP contribution in [0.5, 0.6) is 5.75 Å². The molecule has 1 aliphatic heterocycles. The largest absolute Gasteiger partial charge is 0.495 e. The molecule has 0 saturated carbocycles. The highest BCUT2D eigenvalue weighted by Gasteiger charge is 2.66. The number of benzene rings is 1. The Morgan fingerprint density at radius 1 is 1.13 bits per heavy atom. The second-order valence-electron chi connectivity index (χ2n) is 8.63. The Morgan fingerprint density at radius 3 is 2.63 bits per heavy atom. The predicted molar refractivity (Wildman–Crippen MR) is 140 cm³/mol. The van der Waals surface area contributed by atoms with Gasteiger partial charge in [0.2, 0.25) is 0 Å². The van der Waals surface area contributed by atoms with Gasteiger partial charge in [0.05, 0.1) is 31.4 Å². The lowest BCUT2D eigenvalue weighted by molar-refractivity contribution is 0.232. The molecule has 0 unspecified atom stereocenters. The minimum atomic E-state index is -9.71. The average molecular weight is 558 g/mol. The SMILES string of the molecule is COc1cc(/C=C2\OCCN=C2NCCNC2=CC=C(S(F)(F)(F)(F)F)C=CC2)ccc1-n1cnc(C)c1. The first-order chi connectivity index (χ1) is 17.8. The molecule has 2 aliphatic rings. The van der Waals surface area contributed by atoms with Crippen molar-refractivity contribution in [1.82, 2.24) is 20.2 Å². The number of rotatable bonds is 8. The first kappa shape index (κ1) is 27.3. The third-order valence-electron chi connectivity index (χ3n) is 5.63. The summed E-state index contributed by atoms with van der Waals surface area (Å²) in [6.07, 6.45) is 8.43. The Kier molecular flexibility index (Phi) is 7.08. The predicted octanol–water partition coefficient (Wildman–Crippen LogP) is 6.16. The maximum Gasteiger partial charge on any atom is 0.310 e. The maximum atomic E-state index is 13.0. The molecule has 1 aromatic heterocycles. The van der Waals surface area contributed by atoms with Crippen molar-refractivity contribution in [3.8, 4) is 11.4 Å². The van der Waals surface area contributed by atoms with Crippen molar-refractivity contribution in [2.75, 3.05) is 33.4 Å². The van der Waals surface area contributed by atoms with E-state index < -0.39 is 15.1 Å². The second-order valence-corrected chi connectivity index (χ2v) is 11.0. The zero-order valence-electron chi connectivity index (χ0n) is 20.8. The van der Waals surface area contributed by atoms with Gasteiger partial charge in [-0.15, -0.1) is 0 Å². The van der Waals surface area contributed by atoms with Crippen LogP contribution in [0.4, 0.5) is 19.4 Å². The molecule has 38 heavy (non-hydrogen) atoms. The molecule has 1 aromatic carbocycles. The molecule has 13 heteroatoms. The summed E-state index contributed by atoms with van der Waals surface area (Å²) in [7, 11) is -8.13. The summed E-state index contributed by atoms with van der Waals surface area (Å²) < 4.78 is 78.4. The van der Waals surface area contributed by atoms with E-state index >= 15 is 0 Å². The lowest BCUT2D eigenvalue weighted by atomic mass is 10.1. The second kappa shape index (κ2) is 9.86. The van der Waals surface area contributed by atoms with Crippen molar-refractivity contribution in [3.05, 3.63) is 82.6 Å². The lowest BCUT2D eigenvalue weighted by Gasteiger charge is -2.41. The van der Waals surface area contributed by atoms with Crippen LogP contribution in [0.15, 0.2) is 76.4 Å². The van der Waals surface area contributed by atoms with E-state index in [-0.39, 0.29) is 6.42 Å². The summed E-state index contributed by atoms with van der Waals surface area (Å²) in [5.74, 6) is 1.71. The quantitative estimate of drug-likeness (QED) is 0.300. The summed E-state index contributed by atoms with van der Waals surface area (Å²) in [4.78, 5) is 6.81. The van der Waals surface area contributed by atoms with Gasteiger partial charge >= 0.3 is 10.2 Å². The zero-order valence-corrected chi connectivity index (χ0v) is 21.6. The molecule has 0 saturated heterocycles. The molecule has 0 atom stereocenters. The van der Waals surface area contributed by atoms with Gasteiger partial charge in [-0.25, -0.2) is 4.98 Å². The van der Waals surface area contributed by atoms with Crippen molar-refractivity contribution in [2.45, 2.75) is 13.3 Å². The number of halogens is 5. The number of nitrogens with one attached hydrogen (secondary N) is 2. The Labute approximate surface area is 217 Å². The van der Waals surface area contributed by atoms with E-state index in [0.29, 0.717) is 61.4 Å². The van der Waals surface area contributed by atoms with Crippen molar-refractivity contribution < 1.29 is 28.9 Å². The van der Waals surface area contributed by atoms with Gasteiger partial charge in [-0.05, 0) is 48.9 Å². The minimum absolute atomic E-state index is 0.0690. The molecule has 206 valence electrons. The molecular weight excluding hydrogens is 529 g/mol. The Hall–Kier alpha value is -3.74. The molecule has 0 bridgehead atoms. The third kappa shape index (κ3) is 6.97. The first-order valence-corrected chi connectivity index (χ1v) is 13.6. The number of allylic oxidation sites excluding steroid dienone is 4. The molecule has 0 spiro atoms. The number of ether oxygens (including phenoxy) is 2. The molecule has 2 N–H and O–H groups in total. The van der Waals surface area contributed by atoms with Crippen LogP contribution < -0.4 is 15.4 Å². The molecule has 0 radical (unpaired) electrons. The number of hydrogen-bond acceptors (Lipinski definition) is 6. The van der Waals surface area contributed by atoms with Gasteiger partial charge in [0.25, 0.3) is 0 Å². The molecule has 4 rings (SSSR count). The monoisotopic (exact) mass is 557 g/mol. The molecular formula is C25H28F5N5O2S. The summed E-state index contributed by atoms with van der Waals surface area (Å²) in [6, 6.07) is 5.70. The molecule has 1 aliphatic carbocycles. The first-order valence-electron chi connectivity index (χ1n) is 11.7. The maximum absolute atomic E-state index is 13.0. The van der Waals surface area contributed by atoms with E-state index in [4.69, 9.17) is 9.47 Å². The van der Waals surface area contributed by atoms with E-state index in [2.05, 4.69) is 20.6 Å². The van der Waals surface area contributed by atoms with Crippen LogP contribution in [0.1, 0.15) is 17.7 Å². The number of methoxy groups -OCH3 is 1. The molecule has 0 amide bonds. The molecule has 7 nitrogen and oxygen atoms in total. The van der Waals surface area contributed by atoms with Crippen LogP contribution >= 0.6 is 10.2 Å². The van der Waals surface area contributed by atoms with Crippen LogP contribution in [-0.2, 0) is 4.74 Å². The average Bonchev–Trinajstić information content (AvgIpc) is 3.12. The lowest BCUT2D eigenvalue weighted by Crippen LogP contribution is -2.35. The van der Waals surface area contributed by atoms with Crippen LogP contribution in [-0.4, -0.2) is 48.7 Å². The van der Waals surface area contributed by atoms with Gasteiger partial charge in [0, 0.05) is 31.4 Å². The third-order valence-corrected chi connectivity index (χ3v) is 6.79. The number of aliphatic imine (C=N–C) groups is 1. The molecule has 2 aromatic rings. The van der Waals surface area contributed by atoms with Crippen molar-refractivity contribution in [1.29, 1.82) is 0 Å². The van der Waals surface area contributed by atoms with Crippen molar-refractivity contribution in [3.63, 3.8) is 0 Å². The van der Waals surface area contributed by atoms with Gasteiger partial charge in [0.15, 0.2) is 11.6 Å². The Balaban J connectivity index is 1.39. The standard InChI is InChI=1S/C25H28F5N5O2S/c1-18-16-35(17-34-18)22-9-6-19(14-23(22)36-2)15-24-25(33-12-13-37-24)32-11-10-31-20-4-3-5-21(8-7-20)38(26,27,28,29)30/h3,5-9,14-17,31H,4,10-13H2,1-2H3,(H,32,33)/b24-15-. The fourth-order valence-electron chi connectivity index (χ4n) is 3.81. The van der Waals surface area contributed by atoms with Gasteiger partial charge in [-0.3, -0.25) is 4.99 Å². The fraction of sp³-hybridized carbons (Fsp3) is 0.280. The Bertz CT molecular complexity index is 1360. The number of imidazole rings is 1. The van der Waals surface area contributed by atoms with Crippen LogP contribution in [0.25, 0.3) is 11.8 Å². The Morgan fingerprint density at radius 2 is 1.92 bits per heavy atom. The molecule has 2 heterocycles. The van der Waals surface area contributed by atoms with Crippen LogP contribution in [0.2, 0.25) is 0 Å². The fourth-order valence-corrected chi connectivity index (χ4v) is 4.49. The normalized spacial score (nSPS) is 18.8. The highest BCUT2D eigenvalue weighted by molar-refractivity contribution is 8.48. The van der Waals surface area contributed by atoms with E-state index in [9.17, 15) is 19.4 Å². The smallest absolute Gasteiger partial charge is 0.310 e. The topological polar surface area (TPSA) is 72.7 Å². The van der Waals surface area contributed by atoms with Gasteiger partial charge in [0.1, 0.15) is 17.3 Å².